The number of ether oxygens (including phenoxy) is 2. The number of nitrogens with one attached hydrogen (secondary N) is 2. The van der Waals surface area contributed by atoms with E-state index in [-0.39, 0.29) is 29.2 Å². The smallest absolute Gasteiger partial charge is 0.335 e. The molecule has 144 valence electrons. The summed E-state index contributed by atoms with van der Waals surface area (Å²) in [5.41, 5.74) is 0. The lowest BCUT2D eigenvalue weighted by molar-refractivity contribution is 0.256. The van der Waals surface area contributed by atoms with Gasteiger partial charge in [0.2, 0.25) is 5.95 Å². The lowest BCUT2D eigenvalue weighted by Crippen LogP contribution is -2.35. The van der Waals surface area contributed by atoms with Gasteiger partial charge in [-0.2, -0.15) is 15.0 Å². The molecule has 0 aliphatic heterocycles. The molecule has 1 heterocycles. The number of urea groups is 1. The molecule has 0 unspecified atom stereocenters. The highest BCUT2D eigenvalue weighted by Crippen LogP contribution is 2.23. The van der Waals surface area contributed by atoms with Crippen LogP contribution in [0.2, 0.25) is 0 Å². The van der Waals surface area contributed by atoms with Crippen molar-refractivity contribution in [1.82, 2.24) is 19.7 Å². The summed E-state index contributed by atoms with van der Waals surface area (Å²) in [5.74, 6) is 0.247. The zero-order valence-electron chi connectivity index (χ0n) is 14.8. The number of hydrogen-bond donors (Lipinski definition) is 2. The van der Waals surface area contributed by atoms with E-state index in [1.165, 1.54) is 24.3 Å². The van der Waals surface area contributed by atoms with E-state index in [2.05, 4.69) is 26.8 Å². The molecule has 2 amide bonds. The predicted molar refractivity (Wildman–Crippen MR) is 97.2 cm³/mol. The summed E-state index contributed by atoms with van der Waals surface area (Å²) in [6, 6.07) is 4.89. The van der Waals surface area contributed by atoms with Crippen molar-refractivity contribution in [2.45, 2.75) is 18.7 Å². The first-order valence-electron chi connectivity index (χ1n) is 7.87. The Labute approximate surface area is 156 Å². The molecule has 10 nitrogen and oxygen atoms in total. The number of sulfonamides is 1. The van der Waals surface area contributed by atoms with Gasteiger partial charge in [0, 0.05) is 0 Å². The highest BCUT2D eigenvalue weighted by atomic mass is 32.2. The molecule has 2 N–H and O–H groups in total. The molecule has 1 aromatic carbocycles. The van der Waals surface area contributed by atoms with E-state index in [4.69, 9.17) is 9.47 Å². The Balaban J connectivity index is 2.17. The van der Waals surface area contributed by atoms with Gasteiger partial charge in [0.25, 0.3) is 10.0 Å². The van der Waals surface area contributed by atoms with Gasteiger partial charge in [-0.3, -0.25) is 5.32 Å². The monoisotopic (exact) mass is 393 g/mol. The van der Waals surface area contributed by atoms with E-state index in [0.717, 1.165) is 0 Å². The van der Waals surface area contributed by atoms with Crippen LogP contribution in [-0.2, 0) is 10.0 Å². The fourth-order valence-corrected chi connectivity index (χ4v) is 3.01. The van der Waals surface area contributed by atoms with Crippen LogP contribution in [0.5, 0.6) is 11.8 Å². The molecule has 2 aromatic rings. The van der Waals surface area contributed by atoms with Gasteiger partial charge in [0.1, 0.15) is 23.1 Å². The van der Waals surface area contributed by atoms with Crippen LogP contribution >= 0.6 is 0 Å². The Kier molecular flexibility index (Phi) is 6.66. The normalized spacial score (nSPS) is 10.7. The van der Waals surface area contributed by atoms with Gasteiger partial charge in [0.15, 0.2) is 0 Å². The molecule has 0 saturated carbocycles. The minimum absolute atomic E-state index is 0.0197. The number of carbonyl (C=O) groups excluding carboxylic acids is 1. The molecule has 1 aromatic heterocycles. The first kappa shape index (κ1) is 20.1. The molecule has 0 bridgehead atoms. The number of aromatic nitrogens is 3. The Bertz CT molecular complexity index is 933. The largest absolute Gasteiger partial charge is 0.488 e. The zero-order valence-corrected chi connectivity index (χ0v) is 15.6. The number of benzene rings is 1. The van der Waals surface area contributed by atoms with Gasteiger partial charge < -0.3 is 9.47 Å². The zero-order chi connectivity index (χ0) is 19.9. The fourth-order valence-electron chi connectivity index (χ4n) is 1.95. The van der Waals surface area contributed by atoms with Gasteiger partial charge >= 0.3 is 12.0 Å². The number of nitrogens with zero attached hydrogens (tertiary/aromatic N) is 3. The van der Waals surface area contributed by atoms with E-state index < -0.39 is 16.1 Å². The molecule has 2 rings (SSSR count). The lowest BCUT2D eigenvalue weighted by atomic mass is 10.3. The van der Waals surface area contributed by atoms with Gasteiger partial charge in [-0.15, -0.1) is 0 Å². The summed E-state index contributed by atoms with van der Waals surface area (Å²) < 4.78 is 37.3. The Morgan fingerprint density at radius 1 is 1.22 bits per heavy atom. The van der Waals surface area contributed by atoms with Gasteiger partial charge in [-0.05, 0) is 26.0 Å². The predicted octanol–water partition coefficient (Wildman–Crippen LogP) is 1.65. The molecule has 11 heteroatoms. The number of aryl methyl sites for hydroxylation is 1. The Morgan fingerprint density at radius 2 is 1.96 bits per heavy atom. The summed E-state index contributed by atoms with van der Waals surface area (Å²) in [5, 5.41) is 2.24. The fraction of sp³-hybridized carbons (Fsp3) is 0.250. The van der Waals surface area contributed by atoms with E-state index in [1.54, 1.807) is 19.9 Å². The maximum atomic E-state index is 12.5. The van der Waals surface area contributed by atoms with Crippen molar-refractivity contribution in [3.63, 3.8) is 0 Å². The highest BCUT2D eigenvalue weighted by Gasteiger charge is 2.22. The Hall–Kier alpha value is -3.21. The van der Waals surface area contributed by atoms with Crippen LogP contribution in [0.25, 0.3) is 0 Å². The summed E-state index contributed by atoms with van der Waals surface area (Å²) in [7, 11) is -4.19. The molecule has 0 radical (unpaired) electrons. The topological polar surface area (TPSA) is 132 Å². The first-order chi connectivity index (χ1) is 12.9. The maximum absolute atomic E-state index is 12.5. The quantitative estimate of drug-likeness (QED) is 0.647. The van der Waals surface area contributed by atoms with Gasteiger partial charge in [0.05, 0.1) is 6.61 Å². The molecule has 0 atom stereocenters. The van der Waals surface area contributed by atoms with E-state index in [1.807, 2.05) is 4.72 Å². The number of amides is 2. The van der Waals surface area contributed by atoms with Crippen molar-refractivity contribution in [2.24, 2.45) is 0 Å². The molecular formula is C16H19N5O5S. The molecular weight excluding hydrogens is 374 g/mol. The summed E-state index contributed by atoms with van der Waals surface area (Å²) in [6.45, 7) is 7.27. The molecule has 0 fully saturated rings. The highest BCUT2D eigenvalue weighted by molar-refractivity contribution is 7.90. The van der Waals surface area contributed by atoms with Crippen molar-refractivity contribution in [1.29, 1.82) is 0 Å². The van der Waals surface area contributed by atoms with Crippen molar-refractivity contribution in [2.75, 3.05) is 18.5 Å². The summed E-state index contributed by atoms with van der Waals surface area (Å²) >= 11 is 0. The summed E-state index contributed by atoms with van der Waals surface area (Å²) in [6.07, 6.45) is 1.47. The maximum Gasteiger partial charge on any atom is 0.335 e. The van der Waals surface area contributed by atoms with E-state index >= 15 is 0 Å². The third-order valence-corrected chi connectivity index (χ3v) is 4.32. The van der Waals surface area contributed by atoms with Crippen molar-refractivity contribution >= 4 is 22.0 Å². The second-order valence-corrected chi connectivity index (χ2v) is 6.68. The second-order valence-electron chi connectivity index (χ2n) is 5.03. The number of para-hydroxylation sites is 1. The minimum Gasteiger partial charge on any atom is -0.488 e. The standard InChI is InChI=1S/C16H19N5O5S/c1-4-10-26-12-8-6-7-9-13(12)27(23,24)21-15(22)19-14-17-11(3)18-16(20-14)25-5-2/h4,6-9H,1,5,10H2,2-3H3,(H2,17,18,19,20,21,22). The van der Waals surface area contributed by atoms with Crippen molar-refractivity contribution in [3.05, 3.63) is 42.7 Å². The minimum atomic E-state index is -4.19. The van der Waals surface area contributed by atoms with E-state index in [0.29, 0.717) is 12.4 Å². The SMILES string of the molecule is C=CCOc1ccccc1S(=O)(=O)NC(=O)Nc1nc(C)nc(OCC)n1. The molecule has 27 heavy (non-hydrogen) atoms. The van der Waals surface area contributed by atoms with Gasteiger partial charge in [-0.25, -0.2) is 17.9 Å². The summed E-state index contributed by atoms with van der Waals surface area (Å²) in [4.78, 5) is 23.6. The number of rotatable bonds is 8. The van der Waals surface area contributed by atoms with Crippen LogP contribution in [0, 0.1) is 6.92 Å². The van der Waals surface area contributed by atoms with Gasteiger partial charge in [-0.1, -0.05) is 24.8 Å². The third kappa shape index (κ3) is 5.64. The Morgan fingerprint density at radius 3 is 2.67 bits per heavy atom. The van der Waals surface area contributed by atoms with Crippen molar-refractivity contribution < 1.29 is 22.7 Å². The average molecular weight is 393 g/mol. The third-order valence-electron chi connectivity index (χ3n) is 2.95. The van der Waals surface area contributed by atoms with E-state index in [9.17, 15) is 13.2 Å². The van der Waals surface area contributed by atoms with Crippen molar-refractivity contribution in [3.8, 4) is 11.8 Å². The molecule has 0 aliphatic carbocycles. The number of carbonyl (C=O) groups is 1. The molecule has 0 spiro atoms. The van der Waals surface area contributed by atoms with Crippen LogP contribution in [0.15, 0.2) is 41.8 Å². The van der Waals surface area contributed by atoms with Crippen LogP contribution in [0.3, 0.4) is 0 Å². The van der Waals surface area contributed by atoms with Crippen LogP contribution in [-0.4, -0.2) is 42.6 Å². The number of anilines is 1. The number of hydrogen-bond acceptors (Lipinski definition) is 8. The average Bonchev–Trinajstić information content (AvgIpc) is 2.59. The van der Waals surface area contributed by atoms with Crippen LogP contribution < -0.4 is 19.5 Å². The van der Waals surface area contributed by atoms with Crippen LogP contribution in [0.1, 0.15) is 12.7 Å². The second kappa shape index (κ2) is 8.94. The molecule has 0 saturated heterocycles. The molecule has 0 aliphatic rings. The van der Waals surface area contributed by atoms with Crippen LogP contribution in [0.4, 0.5) is 10.7 Å². The first-order valence-corrected chi connectivity index (χ1v) is 9.36. The lowest BCUT2D eigenvalue weighted by Gasteiger charge is -2.12.